The first-order valence-corrected chi connectivity index (χ1v) is 8.41. The van der Waals surface area contributed by atoms with Crippen molar-refractivity contribution in [2.75, 3.05) is 5.84 Å². The minimum Gasteiger partial charge on any atom is -0.335 e. The van der Waals surface area contributed by atoms with Gasteiger partial charge in [0, 0.05) is 22.4 Å². The van der Waals surface area contributed by atoms with Gasteiger partial charge in [-0.1, -0.05) is 37.1 Å². The number of nitrogens with zero attached hydrogens (tertiary/aromatic N) is 2. The molecule has 1 aromatic carbocycles. The van der Waals surface area contributed by atoms with E-state index in [1.54, 1.807) is 0 Å². The largest absolute Gasteiger partial charge is 0.335 e. The molecular weight excluding hydrogens is 318 g/mol. The number of fused-ring (bicyclic) bond motifs is 1. The predicted octanol–water partition coefficient (Wildman–Crippen LogP) is 3.83. The Morgan fingerprint density at radius 2 is 2.05 bits per heavy atom. The molecule has 3 rings (SSSR count). The molecule has 0 saturated heterocycles. The van der Waals surface area contributed by atoms with E-state index in [9.17, 15) is 4.79 Å². The molecular formula is C16H16ClN3OS. The smallest absolute Gasteiger partial charge is 0.281 e. The maximum absolute atomic E-state index is 12.6. The molecule has 0 aliphatic carbocycles. The average molecular weight is 334 g/mol. The monoisotopic (exact) mass is 333 g/mol. The third kappa shape index (κ3) is 2.62. The standard InChI is InChI=1S/C16H16ClN3OS/c1-2-3-4-13-19-15-14(16(21)20(13)18)12(9-22-15)10-5-7-11(17)8-6-10/h5-9H,2-4,18H2,1H3. The first-order chi connectivity index (χ1) is 10.6. The lowest BCUT2D eigenvalue weighted by Gasteiger charge is -2.07. The van der Waals surface area contributed by atoms with Crippen molar-refractivity contribution in [1.82, 2.24) is 9.66 Å². The van der Waals surface area contributed by atoms with Crippen molar-refractivity contribution in [3.8, 4) is 11.1 Å². The van der Waals surface area contributed by atoms with E-state index in [1.165, 1.54) is 16.0 Å². The summed E-state index contributed by atoms with van der Waals surface area (Å²) in [6.07, 6.45) is 2.71. The number of halogens is 1. The van der Waals surface area contributed by atoms with E-state index in [1.807, 2.05) is 29.6 Å². The molecule has 0 spiro atoms. The van der Waals surface area contributed by atoms with E-state index in [0.717, 1.165) is 28.8 Å². The van der Waals surface area contributed by atoms with E-state index < -0.39 is 0 Å². The Morgan fingerprint density at radius 1 is 1.32 bits per heavy atom. The van der Waals surface area contributed by atoms with Gasteiger partial charge >= 0.3 is 0 Å². The Kier molecular flexibility index (Phi) is 4.18. The minimum absolute atomic E-state index is 0.192. The Labute approximate surface area is 137 Å². The van der Waals surface area contributed by atoms with E-state index >= 15 is 0 Å². The molecule has 6 heteroatoms. The summed E-state index contributed by atoms with van der Waals surface area (Å²) in [4.78, 5) is 17.9. The molecule has 0 fully saturated rings. The van der Waals surface area contributed by atoms with Gasteiger partial charge in [-0.15, -0.1) is 11.3 Å². The van der Waals surface area contributed by atoms with Crippen LogP contribution in [0.15, 0.2) is 34.4 Å². The highest BCUT2D eigenvalue weighted by Crippen LogP contribution is 2.31. The zero-order valence-electron chi connectivity index (χ0n) is 12.2. The molecule has 22 heavy (non-hydrogen) atoms. The highest BCUT2D eigenvalue weighted by Gasteiger charge is 2.15. The van der Waals surface area contributed by atoms with Crippen LogP contribution >= 0.6 is 22.9 Å². The van der Waals surface area contributed by atoms with Crippen LogP contribution in [0.3, 0.4) is 0 Å². The third-order valence-corrected chi connectivity index (χ3v) is 4.75. The molecule has 114 valence electrons. The SMILES string of the molecule is CCCCc1nc2scc(-c3ccc(Cl)cc3)c2c(=O)n1N. The molecule has 0 saturated carbocycles. The summed E-state index contributed by atoms with van der Waals surface area (Å²) >= 11 is 7.39. The van der Waals surface area contributed by atoms with Gasteiger partial charge < -0.3 is 5.84 Å². The van der Waals surface area contributed by atoms with Crippen molar-refractivity contribution in [3.05, 3.63) is 50.8 Å². The summed E-state index contributed by atoms with van der Waals surface area (Å²) in [7, 11) is 0. The van der Waals surface area contributed by atoms with Crippen LogP contribution < -0.4 is 11.4 Å². The lowest BCUT2D eigenvalue weighted by molar-refractivity contribution is 0.707. The lowest BCUT2D eigenvalue weighted by Crippen LogP contribution is -2.31. The van der Waals surface area contributed by atoms with Gasteiger partial charge in [-0.05, 0) is 24.1 Å². The Morgan fingerprint density at radius 3 is 2.73 bits per heavy atom. The number of thiophene rings is 1. The van der Waals surface area contributed by atoms with Crippen LogP contribution in [0.25, 0.3) is 21.3 Å². The normalized spacial score (nSPS) is 11.2. The van der Waals surface area contributed by atoms with E-state index in [-0.39, 0.29) is 5.56 Å². The predicted molar refractivity (Wildman–Crippen MR) is 93.1 cm³/mol. The number of aryl methyl sites for hydroxylation is 1. The van der Waals surface area contributed by atoms with Crippen LogP contribution in [-0.4, -0.2) is 9.66 Å². The number of nitrogens with two attached hydrogens (primary N) is 1. The van der Waals surface area contributed by atoms with Crippen LogP contribution in [0.4, 0.5) is 0 Å². The number of rotatable bonds is 4. The van der Waals surface area contributed by atoms with Crippen molar-refractivity contribution in [2.45, 2.75) is 26.2 Å². The topological polar surface area (TPSA) is 60.9 Å². The maximum atomic E-state index is 12.6. The van der Waals surface area contributed by atoms with E-state index in [2.05, 4.69) is 11.9 Å². The molecule has 3 aromatic rings. The maximum Gasteiger partial charge on any atom is 0.281 e. The second-order valence-electron chi connectivity index (χ2n) is 5.14. The summed E-state index contributed by atoms with van der Waals surface area (Å²) in [5.41, 5.74) is 1.61. The van der Waals surface area contributed by atoms with Gasteiger partial charge in [0.2, 0.25) is 0 Å². The fraction of sp³-hybridized carbons (Fsp3) is 0.250. The zero-order valence-corrected chi connectivity index (χ0v) is 13.7. The van der Waals surface area contributed by atoms with Crippen LogP contribution in [0.5, 0.6) is 0 Å². The van der Waals surface area contributed by atoms with Crippen LogP contribution in [0, 0.1) is 0 Å². The van der Waals surface area contributed by atoms with Crippen molar-refractivity contribution < 1.29 is 0 Å². The first kappa shape index (κ1) is 15.1. The van der Waals surface area contributed by atoms with Gasteiger partial charge in [0.05, 0.1) is 5.39 Å². The fourth-order valence-electron chi connectivity index (χ4n) is 2.40. The van der Waals surface area contributed by atoms with Crippen LogP contribution in [0.1, 0.15) is 25.6 Å². The number of aromatic nitrogens is 2. The van der Waals surface area contributed by atoms with Crippen molar-refractivity contribution in [1.29, 1.82) is 0 Å². The van der Waals surface area contributed by atoms with Crippen molar-refractivity contribution in [2.24, 2.45) is 0 Å². The minimum atomic E-state index is -0.192. The average Bonchev–Trinajstić information content (AvgIpc) is 2.94. The van der Waals surface area contributed by atoms with E-state index in [0.29, 0.717) is 22.7 Å². The molecule has 0 bridgehead atoms. The molecule has 2 aromatic heterocycles. The van der Waals surface area contributed by atoms with Gasteiger partial charge in [-0.25, -0.2) is 9.66 Å². The van der Waals surface area contributed by atoms with Gasteiger partial charge in [0.15, 0.2) is 0 Å². The molecule has 0 radical (unpaired) electrons. The second-order valence-corrected chi connectivity index (χ2v) is 6.44. The van der Waals surface area contributed by atoms with E-state index in [4.69, 9.17) is 17.4 Å². The fourth-order valence-corrected chi connectivity index (χ4v) is 3.48. The molecule has 0 aliphatic rings. The molecule has 0 amide bonds. The van der Waals surface area contributed by atoms with Gasteiger partial charge in [0.25, 0.3) is 5.56 Å². The number of benzene rings is 1. The molecule has 0 aliphatic heterocycles. The first-order valence-electron chi connectivity index (χ1n) is 7.16. The van der Waals surface area contributed by atoms with Gasteiger partial charge in [0.1, 0.15) is 10.7 Å². The Hall–Kier alpha value is -1.85. The van der Waals surface area contributed by atoms with Gasteiger partial charge in [-0.3, -0.25) is 4.79 Å². The molecule has 0 atom stereocenters. The third-order valence-electron chi connectivity index (χ3n) is 3.62. The zero-order chi connectivity index (χ0) is 15.7. The van der Waals surface area contributed by atoms with Crippen molar-refractivity contribution in [3.63, 3.8) is 0 Å². The molecule has 0 unspecified atom stereocenters. The summed E-state index contributed by atoms with van der Waals surface area (Å²) in [6.45, 7) is 2.10. The van der Waals surface area contributed by atoms with Crippen molar-refractivity contribution >= 4 is 33.2 Å². The summed E-state index contributed by atoms with van der Waals surface area (Å²) in [6, 6.07) is 7.42. The summed E-state index contributed by atoms with van der Waals surface area (Å²) in [5, 5.41) is 3.20. The van der Waals surface area contributed by atoms with Crippen LogP contribution in [0.2, 0.25) is 5.02 Å². The van der Waals surface area contributed by atoms with Gasteiger partial charge in [-0.2, -0.15) is 0 Å². The molecule has 2 N–H and O–H groups in total. The number of nitrogen functional groups attached to an aromatic ring is 1. The highest BCUT2D eigenvalue weighted by molar-refractivity contribution is 7.17. The Bertz CT molecular complexity index is 867. The highest BCUT2D eigenvalue weighted by atomic mass is 35.5. The summed E-state index contributed by atoms with van der Waals surface area (Å²) in [5.74, 6) is 6.59. The number of hydrogen-bond donors (Lipinski definition) is 1. The molecule has 4 nitrogen and oxygen atoms in total. The lowest BCUT2D eigenvalue weighted by atomic mass is 10.1. The Balaban J connectivity index is 2.17. The van der Waals surface area contributed by atoms with Crippen LogP contribution in [-0.2, 0) is 6.42 Å². The summed E-state index contributed by atoms with van der Waals surface area (Å²) < 4.78 is 1.18. The number of unbranched alkanes of at least 4 members (excludes halogenated alkanes) is 1. The quantitative estimate of drug-likeness (QED) is 0.738. The number of hydrogen-bond acceptors (Lipinski definition) is 4. The molecule has 2 heterocycles. The second kappa shape index (κ2) is 6.10.